The number of para-hydroxylation sites is 1. The molecule has 2 heterocycles. The summed E-state index contributed by atoms with van der Waals surface area (Å²) in [6.07, 6.45) is 0. The maximum Gasteiger partial charge on any atom is 0.115 e. The van der Waals surface area contributed by atoms with Gasteiger partial charge in [-0.15, -0.1) is 11.8 Å². The number of benzene rings is 2. The topological polar surface area (TPSA) is 54.7 Å². The van der Waals surface area contributed by atoms with Crippen LogP contribution >= 0.6 is 11.8 Å². The van der Waals surface area contributed by atoms with E-state index in [2.05, 4.69) is 35.3 Å². The highest BCUT2D eigenvalue weighted by atomic mass is 32.2. The van der Waals surface area contributed by atoms with E-state index in [1.165, 1.54) is 10.5 Å². The predicted octanol–water partition coefficient (Wildman–Crippen LogP) is 3.26. The molecule has 0 saturated heterocycles. The van der Waals surface area contributed by atoms with E-state index in [0.29, 0.717) is 12.5 Å². The van der Waals surface area contributed by atoms with Crippen LogP contribution in [-0.4, -0.2) is 15.7 Å². The highest BCUT2D eigenvalue weighted by Gasteiger charge is 2.26. The van der Waals surface area contributed by atoms with Gasteiger partial charge in [-0.1, -0.05) is 30.3 Å². The Balaban J connectivity index is 1.84. The van der Waals surface area contributed by atoms with E-state index < -0.39 is 0 Å². The van der Waals surface area contributed by atoms with Crippen LogP contribution in [-0.2, 0) is 6.54 Å². The molecule has 1 aromatic heterocycles. The summed E-state index contributed by atoms with van der Waals surface area (Å²) in [7, 11) is 0. The fraction of sp³-hybridized carbons (Fsp3) is 0.188. The number of imidazole rings is 1. The van der Waals surface area contributed by atoms with Gasteiger partial charge in [0.2, 0.25) is 0 Å². The molecule has 3 N–H and O–H groups in total. The molecule has 0 amide bonds. The van der Waals surface area contributed by atoms with E-state index in [1.807, 2.05) is 23.9 Å². The Kier molecular flexibility index (Phi) is 2.79. The van der Waals surface area contributed by atoms with Crippen LogP contribution in [0.3, 0.4) is 0 Å². The largest absolute Gasteiger partial charge is 0.341 e. The smallest absolute Gasteiger partial charge is 0.115 e. The number of fused-ring (bicyclic) bond motifs is 2. The van der Waals surface area contributed by atoms with Crippen LogP contribution in [0.5, 0.6) is 0 Å². The lowest BCUT2D eigenvalue weighted by molar-refractivity contribution is 0.858. The van der Waals surface area contributed by atoms with Gasteiger partial charge in [0.1, 0.15) is 5.82 Å². The van der Waals surface area contributed by atoms with Crippen molar-refractivity contribution in [3.8, 4) is 0 Å². The Morgan fingerprint density at radius 2 is 2.10 bits per heavy atom. The first-order chi connectivity index (χ1) is 9.86. The number of H-pyrrole nitrogens is 1. The molecule has 0 fully saturated rings. The highest BCUT2D eigenvalue weighted by molar-refractivity contribution is 7.99. The summed E-state index contributed by atoms with van der Waals surface area (Å²) in [6.45, 7) is 0.525. The fourth-order valence-electron chi connectivity index (χ4n) is 2.83. The molecule has 0 aliphatic carbocycles. The van der Waals surface area contributed by atoms with E-state index in [0.717, 1.165) is 28.2 Å². The van der Waals surface area contributed by atoms with Gasteiger partial charge in [-0.3, -0.25) is 0 Å². The Morgan fingerprint density at radius 3 is 3.00 bits per heavy atom. The maximum absolute atomic E-state index is 5.80. The molecule has 20 heavy (non-hydrogen) atoms. The molecule has 100 valence electrons. The molecule has 1 aliphatic heterocycles. The Hall–Kier alpha value is -1.78. The molecule has 0 radical (unpaired) electrons. The first kappa shape index (κ1) is 12.0. The molecule has 0 bridgehead atoms. The summed E-state index contributed by atoms with van der Waals surface area (Å²) >= 11 is 1.91. The molecular formula is C16H15N3S. The van der Waals surface area contributed by atoms with Crippen molar-refractivity contribution in [3.05, 3.63) is 59.4 Å². The third-order valence-corrected chi connectivity index (χ3v) is 5.05. The van der Waals surface area contributed by atoms with Crippen molar-refractivity contribution in [2.45, 2.75) is 17.4 Å². The number of hydrogen-bond acceptors (Lipinski definition) is 3. The van der Waals surface area contributed by atoms with Gasteiger partial charge in [-0.2, -0.15) is 0 Å². The number of nitrogens with one attached hydrogen (secondary N) is 1. The van der Waals surface area contributed by atoms with Crippen LogP contribution in [0.15, 0.2) is 47.4 Å². The molecular weight excluding hydrogens is 266 g/mol. The Morgan fingerprint density at radius 1 is 1.20 bits per heavy atom. The molecule has 2 aromatic carbocycles. The van der Waals surface area contributed by atoms with E-state index in [1.54, 1.807) is 0 Å². The standard InChI is InChI=1S/C16H15N3S/c17-8-10-4-3-6-13-15(10)19-16(18-13)12-9-20-14-7-2-1-5-11(12)14/h1-7,12H,8-9,17H2,(H,18,19). The first-order valence-electron chi connectivity index (χ1n) is 6.76. The van der Waals surface area contributed by atoms with Gasteiger partial charge in [0.25, 0.3) is 0 Å². The zero-order valence-corrected chi connectivity index (χ0v) is 11.8. The van der Waals surface area contributed by atoms with E-state index in [4.69, 9.17) is 10.7 Å². The van der Waals surface area contributed by atoms with Gasteiger partial charge in [0, 0.05) is 17.2 Å². The number of nitrogens with zero attached hydrogens (tertiary/aromatic N) is 1. The van der Waals surface area contributed by atoms with E-state index in [9.17, 15) is 0 Å². The molecule has 4 heteroatoms. The monoisotopic (exact) mass is 281 g/mol. The normalized spacial score (nSPS) is 17.6. The maximum atomic E-state index is 5.80. The number of hydrogen-bond donors (Lipinski definition) is 2. The average Bonchev–Trinajstić information content (AvgIpc) is 3.10. The molecule has 3 nitrogen and oxygen atoms in total. The van der Waals surface area contributed by atoms with Crippen molar-refractivity contribution < 1.29 is 0 Å². The summed E-state index contributed by atoms with van der Waals surface area (Å²) in [6, 6.07) is 14.7. The second-order valence-electron chi connectivity index (χ2n) is 5.04. The first-order valence-corrected chi connectivity index (χ1v) is 7.74. The zero-order valence-electron chi connectivity index (χ0n) is 11.0. The molecule has 0 spiro atoms. The minimum absolute atomic E-state index is 0.356. The summed E-state index contributed by atoms with van der Waals surface area (Å²) in [5.41, 5.74) is 10.4. The number of thioether (sulfide) groups is 1. The number of rotatable bonds is 2. The second kappa shape index (κ2) is 4.65. The lowest BCUT2D eigenvalue weighted by Crippen LogP contribution is -2.01. The van der Waals surface area contributed by atoms with Crippen LogP contribution in [0.25, 0.3) is 11.0 Å². The second-order valence-corrected chi connectivity index (χ2v) is 6.10. The zero-order chi connectivity index (χ0) is 13.5. The van der Waals surface area contributed by atoms with Crippen LogP contribution in [0.2, 0.25) is 0 Å². The highest BCUT2D eigenvalue weighted by Crippen LogP contribution is 2.42. The number of aromatic nitrogens is 2. The Labute approximate surface area is 121 Å². The summed E-state index contributed by atoms with van der Waals surface area (Å²) in [4.78, 5) is 9.66. The minimum atomic E-state index is 0.356. The quantitative estimate of drug-likeness (QED) is 0.758. The van der Waals surface area contributed by atoms with Crippen molar-refractivity contribution in [1.82, 2.24) is 9.97 Å². The third kappa shape index (κ3) is 1.76. The third-order valence-electron chi connectivity index (χ3n) is 3.86. The lowest BCUT2D eigenvalue weighted by Gasteiger charge is -2.06. The molecule has 4 rings (SSSR count). The van der Waals surface area contributed by atoms with Crippen molar-refractivity contribution in [2.75, 3.05) is 5.75 Å². The van der Waals surface area contributed by atoms with Crippen LogP contribution in [0.4, 0.5) is 0 Å². The van der Waals surface area contributed by atoms with Crippen LogP contribution in [0.1, 0.15) is 22.9 Å². The molecule has 0 saturated carbocycles. The molecule has 1 unspecified atom stereocenters. The molecule has 1 aliphatic rings. The van der Waals surface area contributed by atoms with E-state index >= 15 is 0 Å². The summed E-state index contributed by atoms with van der Waals surface area (Å²) in [5.74, 6) is 2.46. The van der Waals surface area contributed by atoms with Crippen LogP contribution < -0.4 is 5.73 Å². The lowest BCUT2D eigenvalue weighted by atomic mass is 10.0. The van der Waals surface area contributed by atoms with Gasteiger partial charge < -0.3 is 10.7 Å². The van der Waals surface area contributed by atoms with Gasteiger partial charge in [0.15, 0.2) is 0 Å². The predicted molar refractivity (Wildman–Crippen MR) is 83.0 cm³/mol. The molecule has 1 atom stereocenters. The average molecular weight is 281 g/mol. The SMILES string of the molecule is NCc1cccc2[nH]c(C3CSc4ccccc43)nc12. The Bertz CT molecular complexity index is 778. The van der Waals surface area contributed by atoms with Crippen LogP contribution in [0, 0.1) is 0 Å². The number of aromatic amines is 1. The van der Waals surface area contributed by atoms with Crippen molar-refractivity contribution >= 4 is 22.8 Å². The van der Waals surface area contributed by atoms with Crippen molar-refractivity contribution in [2.24, 2.45) is 5.73 Å². The molecule has 3 aromatic rings. The summed E-state index contributed by atoms with van der Waals surface area (Å²) in [5, 5.41) is 0. The van der Waals surface area contributed by atoms with Crippen molar-refractivity contribution in [1.29, 1.82) is 0 Å². The van der Waals surface area contributed by atoms with Gasteiger partial charge in [0.05, 0.1) is 17.0 Å². The fourth-order valence-corrected chi connectivity index (χ4v) is 4.06. The van der Waals surface area contributed by atoms with Gasteiger partial charge in [-0.25, -0.2) is 4.98 Å². The van der Waals surface area contributed by atoms with Gasteiger partial charge in [-0.05, 0) is 23.3 Å². The van der Waals surface area contributed by atoms with E-state index in [-0.39, 0.29) is 0 Å². The number of nitrogens with two attached hydrogens (primary N) is 1. The minimum Gasteiger partial charge on any atom is -0.341 e. The van der Waals surface area contributed by atoms with Gasteiger partial charge >= 0.3 is 0 Å². The van der Waals surface area contributed by atoms with Crippen molar-refractivity contribution in [3.63, 3.8) is 0 Å². The summed E-state index contributed by atoms with van der Waals surface area (Å²) < 4.78 is 0.